The van der Waals surface area contributed by atoms with Crippen molar-refractivity contribution in [3.8, 4) is 0 Å². The molecule has 5 unspecified atom stereocenters. The van der Waals surface area contributed by atoms with Gasteiger partial charge in [-0.2, -0.15) is 0 Å². The summed E-state index contributed by atoms with van der Waals surface area (Å²) in [6.07, 6.45) is 8.19. The zero-order valence-electron chi connectivity index (χ0n) is 12.6. The molecule has 2 aliphatic rings. The average Bonchev–Trinajstić information content (AvgIpc) is 2.99. The molecular weight excluding hydrogens is 220 g/mol. The van der Waals surface area contributed by atoms with Crippen LogP contribution < -0.4 is 5.73 Å². The lowest BCUT2D eigenvalue weighted by molar-refractivity contribution is 0.165. The van der Waals surface area contributed by atoms with Gasteiger partial charge >= 0.3 is 0 Å². The van der Waals surface area contributed by atoms with E-state index in [0.717, 1.165) is 23.7 Å². The summed E-state index contributed by atoms with van der Waals surface area (Å²) in [5.41, 5.74) is 6.33. The largest absolute Gasteiger partial charge is 0.327 e. The van der Waals surface area contributed by atoms with Crippen LogP contribution in [0, 0.1) is 23.7 Å². The van der Waals surface area contributed by atoms with Gasteiger partial charge in [-0.3, -0.25) is 0 Å². The first kappa shape index (κ1) is 14.3. The van der Waals surface area contributed by atoms with Gasteiger partial charge in [0.1, 0.15) is 0 Å². The summed E-state index contributed by atoms with van der Waals surface area (Å²) in [5, 5.41) is 0. The molecular formula is C16H32N2. The Hall–Kier alpha value is -0.0800. The van der Waals surface area contributed by atoms with E-state index < -0.39 is 0 Å². The molecule has 2 aliphatic carbocycles. The first-order chi connectivity index (χ1) is 8.60. The average molecular weight is 252 g/mol. The van der Waals surface area contributed by atoms with Crippen LogP contribution in [0.3, 0.4) is 0 Å². The standard InChI is InChI=1S/C16H32N2/c1-4-5-13-6-7-16(17)15(9-13)11-18(3)10-14-8-12(14)2/h12-16H,4-11,17H2,1-3H3. The predicted octanol–water partition coefficient (Wildman–Crippen LogP) is 3.12. The molecule has 2 rings (SSSR count). The van der Waals surface area contributed by atoms with Crippen molar-refractivity contribution in [1.29, 1.82) is 0 Å². The van der Waals surface area contributed by atoms with E-state index in [1.54, 1.807) is 0 Å². The van der Waals surface area contributed by atoms with Crippen molar-refractivity contribution in [2.75, 3.05) is 20.1 Å². The van der Waals surface area contributed by atoms with E-state index in [-0.39, 0.29) is 0 Å². The minimum atomic E-state index is 0.456. The molecule has 2 N–H and O–H groups in total. The fourth-order valence-corrected chi connectivity index (χ4v) is 3.79. The van der Waals surface area contributed by atoms with Crippen LogP contribution in [0.4, 0.5) is 0 Å². The van der Waals surface area contributed by atoms with Crippen LogP contribution in [0.2, 0.25) is 0 Å². The van der Waals surface area contributed by atoms with Crippen molar-refractivity contribution in [3.05, 3.63) is 0 Å². The predicted molar refractivity (Wildman–Crippen MR) is 78.5 cm³/mol. The molecule has 0 aromatic rings. The fraction of sp³-hybridized carbons (Fsp3) is 1.00. The maximum absolute atomic E-state index is 6.33. The Morgan fingerprint density at radius 3 is 2.39 bits per heavy atom. The van der Waals surface area contributed by atoms with Gasteiger partial charge in [0.2, 0.25) is 0 Å². The molecule has 0 aromatic heterocycles. The molecule has 0 amide bonds. The molecule has 0 aliphatic heterocycles. The summed E-state index contributed by atoms with van der Waals surface area (Å²) in [4.78, 5) is 2.55. The normalized spacial score (nSPS) is 40.2. The Labute approximate surface area is 113 Å². The van der Waals surface area contributed by atoms with Gasteiger partial charge in [0, 0.05) is 19.1 Å². The van der Waals surface area contributed by atoms with E-state index in [1.165, 1.54) is 51.6 Å². The van der Waals surface area contributed by atoms with Crippen molar-refractivity contribution in [1.82, 2.24) is 4.90 Å². The van der Waals surface area contributed by atoms with Gasteiger partial charge < -0.3 is 10.6 Å². The molecule has 0 aromatic carbocycles. The number of nitrogens with two attached hydrogens (primary N) is 1. The zero-order valence-corrected chi connectivity index (χ0v) is 12.6. The van der Waals surface area contributed by atoms with Gasteiger partial charge in [0.25, 0.3) is 0 Å². The van der Waals surface area contributed by atoms with Crippen LogP contribution in [-0.4, -0.2) is 31.1 Å². The Balaban J connectivity index is 1.74. The number of rotatable bonds is 6. The summed E-state index contributed by atoms with van der Waals surface area (Å²) in [7, 11) is 2.29. The maximum Gasteiger partial charge on any atom is 0.00795 e. The third-order valence-corrected chi connectivity index (χ3v) is 5.22. The second-order valence-corrected chi connectivity index (χ2v) is 7.09. The summed E-state index contributed by atoms with van der Waals surface area (Å²) < 4.78 is 0. The van der Waals surface area contributed by atoms with Crippen LogP contribution >= 0.6 is 0 Å². The van der Waals surface area contributed by atoms with Crippen LogP contribution in [0.15, 0.2) is 0 Å². The van der Waals surface area contributed by atoms with E-state index in [2.05, 4.69) is 25.8 Å². The molecule has 2 heteroatoms. The van der Waals surface area contributed by atoms with Crippen molar-refractivity contribution in [2.24, 2.45) is 29.4 Å². The smallest absolute Gasteiger partial charge is 0.00795 e. The lowest BCUT2D eigenvalue weighted by atomic mass is 9.76. The second kappa shape index (κ2) is 6.38. The molecule has 18 heavy (non-hydrogen) atoms. The minimum absolute atomic E-state index is 0.456. The van der Waals surface area contributed by atoms with Gasteiger partial charge in [0.05, 0.1) is 0 Å². The molecule has 0 radical (unpaired) electrons. The highest BCUT2D eigenvalue weighted by atomic mass is 15.1. The highest BCUT2D eigenvalue weighted by molar-refractivity contribution is 4.87. The van der Waals surface area contributed by atoms with Gasteiger partial charge in [-0.15, -0.1) is 0 Å². The second-order valence-electron chi connectivity index (χ2n) is 7.09. The molecule has 0 spiro atoms. The monoisotopic (exact) mass is 252 g/mol. The molecule has 5 atom stereocenters. The molecule has 0 bridgehead atoms. The van der Waals surface area contributed by atoms with Crippen molar-refractivity contribution in [2.45, 2.75) is 58.4 Å². The number of hydrogen-bond acceptors (Lipinski definition) is 2. The van der Waals surface area contributed by atoms with Crippen LogP contribution in [-0.2, 0) is 0 Å². The van der Waals surface area contributed by atoms with Crippen LogP contribution in [0.5, 0.6) is 0 Å². The van der Waals surface area contributed by atoms with E-state index >= 15 is 0 Å². The Bertz CT molecular complexity index is 253. The van der Waals surface area contributed by atoms with E-state index in [1.807, 2.05) is 0 Å². The van der Waals surface area contributed by atoms with E-state index in [0.29, 0.717) is 6.04 Å². The molecule has 2 nitrogen and oxygen atoms in total. The summed E-state index contributed by atoms with van der Waals surface area (Å²) in [6, 6.07) is 0.456. The third kappa shape index (κ3) is 3.96. The maximum atomic E-state index is 6.33. The van der Waals surface area contributed by atoms with Gasteiger partial charge in [-0.25, -0.2) is 0 Å². The number of nitrogens with zero attached hydrogens (tertiary/aromatic N) is 1. The fourth-order valence-electron chi connectivity index (χ4n) is 3.79. The minimum Gasteiger partial charge on any atom is -0.327 e. The quantitative estimate of drug-likeness (QED) is 0.787. The topological polar surface area (TPSA) is 29.3 Å². The molecule has 2 fully saturated rings. The Morgan fingerprint density at radius 1 is 1.11 bits per heavy atom. The first-order valence-corrected chi connectivity index (χ1v) is 8.04. The highest BCUT2D eigenvalue weighted by Crippen LogP contribution is 2.38. The molecule has 0 saturated heterocycles. The Morgan fingerprint density at radius 2 is 1.78 bits per heavy atom. The zero-order chi connectivity index (χ0) is 13.1. The summed E-state index contributed by atoms with van der Waals surface area (Å²) in [5.74, 6) is 3.64. The summed E-state index contributed by atoms with van der Waals surface area (Å²) >= 11 is 0. The van der Waals surface area contributed by atoms with Crippen molar-refractivity contribution >= 4 is 0 Å². The third-order valence-electron chi connectivity index (χ3n) is 5.22. The molecule has 2 saturated carbocycles. The van der Waals surface area contributed by atoms with E-state index in [9.17, 15) is 0 Å². The van der Waals surface area contributed by atoms with Crippen molar-refractivity contribution in [3.63, 3.8) is 0 Å². The lowest BCUT2D eigenvalue weighted by Crippen LogP contribution is -2.42. The first-order valence-electron chi connectivity index (χ1n) is 8.04. The molecule has 0 heterocycles. The van der Waals surface area contributed by atoms with Gasteiger partial charge in [-0.1, -0.05) is 26.7 Å². The number of hydrogen-bond donors (Lipinski definition) is 1. The Kier molecular flexibility index (Phi) is 5.08. The van der Waals surface area contributed by atoms with Gasteiger partial charge in [-0.05, 0) is 56.4 Å². The van der Waals surface area contributed by atoms with E-state index in [4.69, 9.17) is 5.73 Å². The van der Waals surface area contributed by atoms with Crippen LogP contribution in [0.1, 0.15) is 52.4 Å². The molecule has 106 valence electrons. The van der Waals surface area contributed by atoms with Crippen LogP contribution in [0.25, 0.3) is 0 Å². The highest BCUT2D eigenvalue weighted by Gasteiger charge is 2.34. The van der Waals surface area contributed by atoms with Gasteiger partial charge in [0.15, 0.2) is 0 Å². The van der Waals surface area contributed by atoms with Crippen molar-refractivity contribution < 1.29 is 0 Å². The lowest BCUT2D eigenvalue weighted by Gasteiger charge is -2.36. The summed E-state index contributed by atoms with van der Waals surface area (Å²) in [6.45, 7) is 7.21. The SMILES string of the molecule is CCCC1CCC(N)C(CN(C)CC2CC2C)C1.